The Bertz CT molecular complexity index is 1040. The molecule has 0 unspecified atom stereocenters. The normalized spacial score (nSPS) is 10.2. The lowest BCUT2D eigenvalue weighted by atomic mass is 10.2. The zero-order chi connectivity index (χ0) is 16.9. The van der Waals surface area contributed by atoms with E-state index in [9.17, 15) is 4.79 Å². The van der Waals surface area contributed by atoms with E-state index in [-0.39, 0.29) is 5.56 Å². The average Bonchev–Trinajstić information content (AvgIpc) is 2.62. The molecule has 0 saturated heterocycles. The van der Waals surface area contributed by atoms with Crippen LogP contribution in [0.15, 0.2) is 59.7 Å². The van der Waals surface area contributed by atoms with Crippen LogP contribution < -0.4 is 10.3 Å². The van der Waals surface area contributed by atoms with Gasteiger partial charge in [-0.3, -0.25) is 4.79 Å². The predicted molar refractivity (Wildman–Crippen MR) is 93.2 cm³/mol. The maximum Gasteiger partial charge on any atom is 0.266 e. The summed E-state index contributed by atoms with van der Waals surface area (Å²) in [5.74, 6) is 0.557. The summed E-state index contributed by atoms with van der Waals surface area (Å²) in [5, 5.41) is 0. The van der Waals surface area contributed by atoms with Gasteiger partial charge >= 0.3 is 0 Å². The maximum atomic E-state index is 10.8. The Labute approximate surface area is 138 Å². The van der Waals surface area contributed by atoms with Crippen molar-refractivity contribution in [3.8, 4) is 5.88 Å². The third kappa shape index (κ3) is 3.38. The number of hydrogen-bond acceptors (Lipinski definition) is 5. The highest BCUT2D eigenvalue weighted by Gasteiger charge is 2.00. The van der Waals surface area contributed by atoms with E-state index in [1.807, 2.05) is 49.4 Å². The number of fused-ring (bicyclic) bond motifs is 2. The zero-order valence-corrected chi connectivity index (χ0v) is 13.4. The van der Waals surface area contributed by atoms with Crippen molar-refractivity contribution >= 4 is 22.1 Å². The molecule has 0 aliphatic rings. The highest BCUT2D eigenvalue weighted by atomic mass is 16.5. The Morgan fingerprint density at radius 1 is 0.958 bits per heavy atom. The number of methoxy groups -OCH3 is 1. The van der Waals surface area contributed by atoms with Crippen molar-refractivity contribution in [2.24, 2.45) is 0 Å². The highest BCUT2D eigenvalue weighted by Crippen LogP contribution is 2.16. The van der Waals surface area contributed by atoms with Crippen molar-refractivity contribution in [1.82, 2.24) is 19.9 Å². The number of aromatic amines is 1. The third-order valence-corrected chi connectivity index (χ3v) is 3.44. The number of ether oxygens (including phenoxy) is 1. The molecular weight excluding hydrogens is 304 g/mol. The van der Waals surface area contributed by atoms with E-state index in [2.05, 4.69) is 19.9 Å². The van der Waals surface area contributed by atoms with Crippen LogP contribution in [-0.2, 0) is 0 Å². The van der Waals surface area contributed by atoms with Crippen LogP contribution in [0, 0.1) is 6.92 Å². The summed E-state index contributed by atoms with van der Waals surface area (Å²) in [5.41, 5.74) is 4.35. The molecule has 0 aliphatic carbocycles. The fraction of sp³-hybridized carbons (Fsp3) is 0.111. The number of hydrogen-bond donors (Lipinski definition) is 1. The first-order valence-electron chi connectivity index (χ1n) is 7.38. The van der Waals surface area contributed by atoms with Crippen LogP contribution >= 0.6 is 0 Å². The van der Waals surface area contributed by atoms with Crippen LogP contribution in [0.4, 0.5) is 0 Å². The molecule has 24 heavy (non-hydrogen) atoms. The Balaban J connectivity index is 0.000000143. The molecule has 0 bridgehead atoms. The second-order valence-electron chi connectivity index (χ2n) is 5.12. The number of H-pyrrole nitrogens is 1. The topological polar surface area (TPSA) is 80.8 Å². The van der Waals surface area contributed by atoms with Gasteiger partial charge in [-0.1, -0.05) is 24.3 Å². The van der Waals surface area contributed by atoms with Gasteiger partial charge in [0.2, 0.25) is 5.88 Å². The number of aryl methyl sites for hydroxylation is 1. The van der Waals surface area contributed by atoms with Gasteiger partial charge in [0.25, 0.3) is 5.56 Å². The van der Waals surface area contributed by atoms with E-state index < -0.39 is 0 Å². The smallest absolute Gasteiger partial charge is 0.266 e. The summed E-state index contributed by atoms with van der Waals surface area (Å²) < 4.78 is 5.00. The largest absolute Gasteiger partial charge is 0.480 e. The monoisotopic (exact) mass is 320 g/mol. The van der Waals surface area contributed by atoms with Gasteiger partial charge in [-0.15, -0.1) is 0 Å². The number of nitrogens with zero attached hydrogens (tertiary/aromatic N) is 3. The molecule has 0 radical (unpaired) electrons. The fourth-order valence-corrected chi connectivity index (χ4v) is 2.24. The maximum absolute atomic E-state index is 10.8. The lowest BCUT2D eigenvalue weighted by molar-refractivity contribution is 0.397. The second-order valence-corrected chi connectivity index (χ2v) is 5.12. The summed E-state index contributed by atoms with van der Waals surface area (Å²) in [6, 6.07) is 13.3. The minimum atomic E-state index is -0.163. The lowest BCUT2D eigenvalue weighted by Crippen LogP contribution is -2.04. The second kappa shape index (κ2) is 6.87. The van der Waals surface area contributed by atoms with Crippen LogP contribution in [0.3, 0.4) is 0 Å². The SMILES string of the molecule is COc1cnc2cccc(C)c2n1.O=c1cnc2ccccc2[nH]1. The Morgan fingerprint density at radius 3 is 2.54 bits per heavy atom. The molecule has 0 spiro atoms. The molecule has 2 heterocycles. The van der Waals surface area contributed by atoms with Gasteiger partial charge in [-0.05, 0) is 30.7 Å². The van der Waals surface area contributed by atoms with Crippen LogP contribution in [-0.4, -0.2) is 27.0 Å². The number of benzene rings is 2. The van der Waals surface area contributed by atoms with Crippen molar-refractivity contribution < 1.29 is 4.74 Å². The van der Waals surface area contributed by atoms with Crippen LogP contribution in [0.1, 0.15) is 5.56 Å². The minimum Gasteiger partial charge on any atom is -0.480 e. The fourth-order valence-electron chi connectivity index (χ4n) is 2.24. The first kappa shape index (κ1) is 15.6. The molecule has 6 nitrogen and oxygen atoms in total. The van der Waals surface area contributed by atoms with E-state index in [0.717, 1.165) is 27.6 Å². The van der Waals surface area contributed by atoms with Crippen molar-refractivity contribution in [2.75, 3.05) is 7.11 Å². The number of nitrogens with one attached hydrogen (secondary N) is 1. The van der Waals surface area contributed by atoms with Crippen LogP contribution in [0.25, 0.3) is 22.1 Å². The molecule has 0 fully saturated rings. The van der Waals surface area contributed by atoms with Crippen molar-refractivity contribution in [2.45, 2.75) is 6.92 Å². The number of aromatic nitrogens is 4. The van der Waals surface area contributed by atoms with Crippen molar-refractivity contribution in [3.63, 3.8) is 0 Å². The van der Waals surface area contributed by atoms with Gasteiger partial charge in [0.1, 0.15) is 0 Å². The summed E-state index contributed by atoms with van der Waals surface area (Å²) in [6.45, 7) is 2.01. The molecule has 4 aromatic rings. The quantitative estimate of drug-likeness (QED) is 0.583. The molecule has 4 rings (SSSR count). The molecule has 0 atom stereocenters. The van der Waals surface area contributed by atoms with Crippen molar-refractivity contribution in [3.05, 3.63) is 70.8 Å². The van der Waals surface area contributed by atoms with Crippen LogP contribution in [0.2, 0.25) is 0 Å². The van der Waals surface area contributed by atoms with E-state index in [4.69, 9.17) is 4.74 Å². The summed E-state index contributed by atoms with van der Waals surface area (Å²) >= 11 is 0. The average molecular weight is 320 g/mol. The van der Waals surface area contributed by atoms with Gasteiger partial charge in [0, 0.05) is 0 Å². The number of rotatable bonds is 1. The molecule has 0 saturated carbocycles. The van der Waals surface area contributed by atoms with Gasteiger partial charge in [0.15, 0.2) is 0 Å². The molecule has 2 aromatic carbocycles. The van der Waals surface area contributed by atoms with Gasteiger partial charge in [0.05, 0.1) is 41.6 Å². The van der Waals surface area contributed by atoms with Gasteiger partial charge < -0.3 is 9.72 Å². The molecule has 0 aliphatic heterocycles. The minimum absolute atomic E-state index is 0.163. The Hall–Kier alpha value is -3.28. The van der Waals surface area contributed by atoms with Gasteiger partial charge in [-0.25, -0.2) is 15.0 Å². The number of para-hydroxylation sites is 3. The molecular formula is C18H16N4O2. The predicted octanol–water partition coefficient (Wildman–Crippen LogP) is 2.87. The Kier molecular flexibility index (Phi) is 4.47. The van der Waals surface area contributed by atoms with E-state index in [1.54, 1.807) is 13.3 Å². The first-order valence-corrected chi connectivity index (χ1v) is 7.38. The molecule has 1 N–H and O–H groups in total. The first-order chi connectivity index (χ1) is 11.7. The third-order valence-electron chi connectivity index (χ3n) is 3.44. The summed E-state index contributed by atoms with van der Waals surface area (Å²) in [4.78, 5) is 25.9. The molecule has 0 amide bonds. The Morgan fingerprint density at radius 2 is 1.71 bits per heavy atom. The summed E-state index contributed by atoms with van der Waals surface area (Å²) in [6.07, 6.45) is 2.91. The van der Waals surface area contributed by atoms with E-state index in [0.29, 0.717) is 5.88 Å². The van der Waals surface area contributed by atoms with Gasteiger partial charge in [-0.2, -0.15) is 0 Å². The summed E-state index contributed by atoms with van der Waals surface area (Å²) in [7, 11) is 1.59. The standard InChI is InChI=1S/C10H10N2O.C8H6N2O/c1-7-4-3-5-8-10(7)12-9(13-2)6-11-8;11-8-5-9-6-3-1-2-4-7(6)10-8/h3-6H,1-2H3;1-5H,(H,10,11). The highest BCUT2D eigenvalue weighted by molar-refractivity contribution is 5.77. The lowest BCUT2D eigenvalue weighted by Gasteiger charge is -2.02. The zero-order valence-electron chi connectivity index (χ0n) is 13.4. The van der Waals surface area contributed by atoms with E-state index >= 15 is 0 Å². The van der Waals surface area contributed by atoms with Crippen molar-refractivity contribution in [1.29, 1.82) is 0 Å². The molecule has 6 heteroatoms. The van der Waals surface area contributed by atoms with Crippen LogP contribution in [0.5, 0.6) is 5.88 Å². The molecule has 120 valence electrons. The van der Waals surface area contributed by atoms with E-state index in [1.165, 1.54) is 6.20 Å². The molecule has 2 aromatic heterocycles.